The van der Waals surface area contributed by atoms with E-state index < -0.39 is 0 Å². The van der Waals surface area contributed by atoms with Gasteiger partial charge in [-0.3, -0.25) is 5.21 Å². The van der Waals surface area contributed by atoms with Gasteiger partial charge in [0.1, 0.15) is 0 Å². The van der Waals surface area contributed by atoms with Crippen LogP contribution in [0.5, 0.6) is 0 Å². The summed E-state index contributed by atoms with van der Waals surface area (Å²) in [6, 6.07) is 0.280. The molecular weight excluding hydrogens is 166 g/mol. The van der Waals surface area contributed by atoms with Gasteiger partial charge in [-0.1, -0.05) is 19.8 Å². The first-order valence-corrected chi connectivity index (χ1v) is 5.01. The lowest BCUT2D eigenvalue weighted by molar-refractivity contribution is 0.231. The number of nitrogens with zero attached hydrogens (tertiary/aromatic N) is 1. The van der Waals surface area contributed by atoms with E-state index in [4.69, 9.17) is 10.9 Å². The van der Waals surface area contributed by atoms with Gasteiger partial charge >= 0.3 is 0 Å². The number of hydrogen-bond donors (Lipinski definition) is 3. The monoisotopic (exact) mass is 185 g/mol. The Bertz CT molecular complexity index is 176. The van der Waals surface area contributed by atoms with Crippen molar-refractivity contribution in [3.63, 3.8) is 0 Å². The predicted octanol–water partition coefficient (Wildman–Crippen LogP) is 1.25. The molecule has 1 rings (SSSR count). The molecule has 4 heteroatoms. The van der Waals surface area contributed by atoms with E-state index >= 15 is 0 Å². The second kappa shape index (κ2) is 5.07. The quantitative estimate of drug-likeness (QED) is 0.352. The molecule has 4 nitrogen and oxygen atoms in total. The third-order valence-corrected chi connectivity index (χ3v) is 2.78. The Kier molecular flexibility index (Phi) is 4.02. The predicted molar refractivity (Wildman–Crippen MR) is 52.6 cm³/mol. The zero-order chi connectivity index (χ0) is 9.68. The molecule has 0 radical (unpaired) electrons. The van der Waals surface area contributed by atoms with Gasteiger partial charge in [0.15, 0.2) is 0 Å². The Hall–Kier alpha value is -0.770. The maximum atomic E-state index is 8.52. The van der Waals surface area contributed by atoms with Crippen LogP contribution in [0, 0.1) is 5.92 Å². The maximum absolute atomic E-state index is 8.52. The molecule has 0 aromatic carbocycles. The summed E-state index contributed by atoms with van der Waals surface area (Å²) in [6.07, 6.45) is 6.11. The van der Waals surface area contributed by atoms with Crippen molar-refractivity contribution in [2.45, 2.75) is 45.1 Å². The molecule has 13 heavy (non-hydrogen) atoms. The molecule has 1 saturated carbocycles. The minimum Gasteiger partial charge on any atom is -0.368 e. The zero-order valence-electron chi connectivity index (χ0n) is 8.16. The standard InChI is InChI=1S/C9H19N3O/c1-2-8(11-9(10)12-13)7-5-3-4-6-7/h7-8,13H,2-6H2,1H3,(H3,10,11,12). The van der Waals surface area contributed by atoms with E-state index in [-0.39, 0.29) is 12.0 Å². The van der Waals surface area contributed by atoms with Crippen molar-refractivity contribution in [1.82, 2.24) is 5.48 Å². The van der Waals surface area contributed by atoms with Gasteiger partial charge < -0.3 is 5.73 Å². The van der Waals surface area contributed by atoms with E-state index in [1.807, 2.05) is 5.48 Å². The fourth-order valence-corrected chi connectivity index (χ4v) is 2.08. The van der Waals surface area contributed by atoms with Crippen molar-refractivity contribution in [1.29, 1.82) is 0 Å². The van der Waals surface area contributed by atoms with Crippen molar-refractivity contribution in [3.05, 3.63) is 0 Å². The highest BCUT2D eigenvalue weighted by Crippen LogP contribution is 2.30. The summed E-state index contributed by atoms with van der Waals surface area (Å²) in [5.74, 6) is 0.802. The lowest BCUT2D eigenvalue weighted by Crippen LogP contribution is -2.31. The molecule has 76 valence electrons. The summed E-state index contributed by atoms with van der Waals surface area (Å²) in [4.78, 5) is 4.23. The van der Waals surface area contributed by atoms with Crippen LogP contribution in [0.1, 0.15) is 39.0 Å². The Morgan fingerprint density at radius 1 is 1.62 bits per heavy atom. The molecule has 4 N–H and O–H groups in total. The first-order chi connectivity index (χ1) is 6.27. The summed E-state index contributed by atoms with van der Waals surface area (Å²) in [5.41, 5.74) is 7.29. The van der Waals surface area contributed by atoms with Crippen LogP contribution >= 0.6 is 0 Å². The van der Waals surface area contributed by atoms with Crippen LogP contribution in [0.15, 0.2) is 4.99 Å². The second-order valence-electron chi connectivity index (χ2n) is 3.65. The Balaban J connectivity index is 2.50. The molecule has 0 saturated heterocycles. The largest absolute Gasteiger partial charge is 0.368 e. The van der Waals surface area contributed by atoms with E-state index in [0.717, 1.165) is 6.42 Å². The molecule has 1 aliphatic carbocycles. The number of nitrogens with two attached hydrogens (primary N) is 1. The highest BCUT2D eigenvalue weighted by atomic mass is 16.5. The van der Waals surface area contributed by atoms with Gasteiger partial charge in [0.25, 0.3) is 0 Å². The molecule has 0 aromatic heterocycles. The smallest absolute Gasteiger partial charge is 0.213 e. The average Bonchev–Trinajstić information content (AvgIpc) is 2.66. The van der Waals surface area contributed by atoms with Gasteiger partial charge in [-0.2, -0.15) is 0 Å². The molecular formula is C9H19N3O. The van der Waals surface area contributed by atoms with Gasteiger partial charge in [-0.15, -0.1) is 0 Å². The maximum Gasteiger partial charge on any atom is 0.213 e. The van der Waals surface area contributed by atoms with Crippen LogP contribution in [-0.2, 0) is 0 Å². The average molecular weight is 185 g/mol. The summed E-state index contributed by atoms with van der Waals surface area (Å²) in [6.45, 7) is 2.11. The fourth-order valence-electron chi connectivity index (χ4n) is 2.08. The third kappa shape index (κ3) is 2.88. The van der Waals surface area contributed by atoms with E-state index in [2.05, 4.69) is 11.9 Å². The number of rotatable bonds is 3. The van der Waals surface area contributed by atoms with Crippen molar-refractivity contribution in [3.8, 4) is 0 Å². The van der Waals surface area contributed by atoms with Gasteiger partial charge in [-0.05, 0) is 25.2 Å². The summed E-state index contributed by atoms with van der Waals surface area (Å²) < 4.78 is 0. The molecule has 0 aromatic rings. The van der Waals surface area contributed by atoms with E-state index in [1.54, 1.807) is 0 Å². The van der Waals surface area contributed by atoms with Gasteiger partial charge in [0.2, 0.25) is 5.96 Å². The highest BCUT2D eigenvalue weighted by Gasteiger charge is 2.23. The van der Waals surface area contributed by atoms with Crippen molar-refractivity contribution < 1.29 is 5.21 Å². The van der Waals surface area contributed by atoms with Crippen LogP contribution < -0.4 is 11.2 Å². The van der Waals surface area contributed by atoms with Crippen molar-refractivity contribution in [2.75, 3.05) is 0 Å². The molecule has 0 spiro atoms. The minimum absolute atomic E-state index is 0.138. The SMILES string of the molecule is CCC(N=C(N)NO)C1CCCC1. The van der Waals surface area contributed by atoms with E-state index in [0.29, 0.717) is 5.92 Å². The molecule has 0 amide bonds. The summed E-state index contributed by atoms with van der Waals surface area (Å²) in [5, 5.41) is 8.52. The summed E-state index contributed by atoms with van der Waals surface area (Å²) in [7, 11) is 0. The van der Waals surface area contributed by atoms with E-state index in [1.165, 1.54) is 25.7 Å². The molecule has 1 aliphatic rings. The van der Waals surface area contributed by atoms with Crippen molar-refractivity contribution >= 4 is 5.96 Å². The summed E-state index contributed by atoms with van der Waals surface area (Å²) >= 11 is 0. The minimum atomic E-state index is 0.138. The van der Waals surface area contributed by atoms with Crippen LogP contribution in [0.2, 0.25) is 0 Å². The van der Waals surface area contributed by atoms with Crippen LogP contribution in [0.3, 0.4) is 0 Å². The first kappa shape index (κ1) is 10.3. The molecule has 1 atom stereocenters. The van der Waals surface area contributed by atoms with Gasteiger partial charge in [0.05, 0.1) is 6.04 Å². The van der Waals surface area contributed by atoms with Crippen LogP contribution in [0.4, 0.5) is 0 Å². The third-order valence-electron chi connectivity index (χ3n) is 2.78. The Labute approximate surface area is 79.2 Å². The molecule has 0 aliphatic heterocycles. The van der Waals surface area contributed by atoms with Crippen LogP contribution in [-0.4, -0.2) is 17.2 Å². The Morgan fingerprint density at radius 2 is 2.23 bits per heavy atom. The Morgan fingerprint density at radius 3 is 2.69 bits per heavy atom. The topological polar surface area (TPSA) is 70.6 Å². The molecule has 0 heterocycles. The second-order valence-corrected chi connectivity index (χ2v) is 3.65. The fraction of sp³-hybridized carbons (Fsp3) is 0.889. The van der Waals surface area contributed by atoms with Crippen LogP contribution in [0.25, 0.3) is 0 Å². The molecule has 1 fully saturated rings. The first-order valence-electron chi connectivity index (χ1n) is 5.01. The zero-order valence-corrected chi connectivity index (χ0v) is 8.16. The molecule has 1 unspecified atom stereocenters. The van der Waals surface area contributed by atoms with Gasteiger partial charge in [-0.25, -0.2) is 10.5 Å². The number of guanidine groups is 1. The lowest BCUT2D eigenvalue weighted by atomic mass is 9.97. The number of aliphatic imine (C=N–C) groups is 1. The molecule has 0 bridgehead atoms. The number of hydroxylamine groups is 1. The van der Waals surface area contributed by atoms with Gasteiger partial charge in [0, 0.05) is 0 Å². The number of hydrogen-bond acceptors (Lipinski definition) is 2. The number of nitrogens with one attached hydrogen (secondary N) is 1. The lowest BCUT2D eigenvalue weighted by Gasteiger charge is -2.17. The van der Waals surface area contributed by atoms with E-state index in [9.17, 15) is 0 Å². The normalized spacial score (nSPS) is 21.8. The highest BCUT2D eigenvalue weighted by molar-refractivity contribution is 5.76. The van der Waals surface area contributed by atoms with Crippen molar-refractivity contribution in [2.24, 2.45) is 16.6 Å².